The van der Waals surface area contributed by atoms with E-state index in [-0.39, 0.29) is 12.5 Å². The van der Waals surface area contributed by atoms with Gasteiger partial charge in [-0.15, -0.1) is 11.3 Å². The molecule has 5 heteroatoms. The maximum absolute atomic E-state index is 12.5. The van der Waals surface area contributed by atoms with Gasteiger partial charge in [-0.3, -0.25) is 9.59 Å². The Bertz CT molecular complexity index is 505. The summed E-state index contributed by atoms with van der Waals surface area (Å²) >= 11 is 1.48. The van der Waals surface area contributed by atoms with Crippen molar-refractivity contribution in [1.29, 1.82) is 0 Å². The van der Waals surface area contributed by atoms with Gasteiger partial charge in [0.25, 0.3) is 5.91 Å². The zero-order valence-corrected chi connectivity index (χ0v) is 12.8. The molecule has 20 heavy (non-hydrogen) atoms. The number of nitrogens with zero attached hydrogens (tertiary/aromatic N) is 1. The van der Waals surface area contributed by atoms with Crippen LogP contribution in [0.5, 0.6) is 0 Å². The van der Waals surface area contributed by atoms with E-state index in [9.17, 15) is 9.59 Å². The lowest BCUT2D eigenvalue weighted by Crippen LogP contribution is -2.36. The normalized spacial score (nSPS) is 14.3. The molecule has 4 nitrogen and oxygen atoms in total. The molecule has 0 saturated heterocycles. The molecule has 1 aromatic heterocycles. The molecule has 0 spiro atoms. The minimum Gasteiger partial charge on any atom is -0.480 e. The third-order valence-electron chi connectivity index (χ3n) is 3.54. The fourth-order valence-electron chi connectivity index (χ4n) is 2.29. The van der Waals surface area contributed by atoms with E-state index >= 15 is 0 Å². The molecule has 1 aliphatic carbocycles. The maximum Gasteiger partial charge on any atom is 0.323 e. The predicted octanol–water partition coefficient (Wildman–Crippen LogP) is 2.95. The van der Waals surface area contributed by atoms with Crippen LogP contribution in [-0.4, -0.2) is 35.0 Å². The van der Waals surface area contributed by atoms with E-state index in [0.29, 0.717) is 17.3 Å². The number of thiophene rings is 1. The molecular weight excluding hydrogens is 274 g/mol. The van der Waals surface area contributed by atoms with E-state index in [1.807, 2.05) is 13.0 Å². The average Bonchev–Trinajstić information content (AvgIpc) is 3.12. The highest BCUT2D eigenvalue weighted by Crippen LogP contribution is 2.31. The van der Waals surface area contributed by atoms with Crippen LogP contribution in [0.1, 0.15) is 46.3 Å². The van der Waals surface area contributed by atoms with Crippen molar-refractivity contribution in [2.75, 3.05) is 13.1 Å². The molecule has 0 aromatic carbocycles. The lowest BCUT2D eigenvalue weighted by molar-refractivity contribution is -0.137. The number of carboxylic acids is 1. The van der Waals surface area contributed by atoms with Crippen molar-refractivity contribution in [3.8, 4) is 0 Å². The molecule has 1 aromatic rings. The number of carbonyl (C=O) groups is 2. The van der Waals surface area contributed by atoms with Crippen LogP contribution in [0.25, 0.3) is 0 Å². The van der Waals surface area contributed by atoms with Gasteiger partial charge in [0.2, 0.25) is 0 Å². The maximum atomic E-state index is 12.5. The third kappa shape index (κ3) is 3.82. The average molecular weight is 295 g/mol. The number of hydrogen-bond acceptors (Lipinski definition) is 3. The van der Waals surface area contributed by atoms with Crippen molar-refractivity contribution in [3.63, 3.8) is 0 Å². The van der Waals surface area contributed by atoms with Crippen LogP contribution in [0.15, 0.2) is 6.07 Å². The van der Waals surface area contributed by atoms with Gasteiger partial charge in [0.1, 0.15) is 6.54 Å². The minimum absolute atomic E-state index is 0.130. The molecule has 0 bridgehead atoms. The van der Waals surface area contributed by atoms with E-state index in [1.165, 1.54) is 21.8 Å². The number of amides is 1. The zero-order valence-electron chi connectivity index (χ0n) is 12.0. The molecule has 0 atom stereocenters. The number of rotatable bonds is 7. The monoisotopic (exact) mass is 295 g/mol. The highest BCUT2D eigenvalue weighted by Gasteiger charge is 2.29. The van der Waals surface area contributed by atoms with Crippen molar-refractivity contribution in [2.24, 2.45) is 5.92 Å². The summed E-state index contributed by atoms with van der Waals surface area (Å²) < 4.78 is 0. The van der Waals surface area contributed by atoms with Gasteiger partial charge >= 0.3 is 5.97 Å². The summed E-state index contributed by atoms with van der Waals surface area (Å²) in [6.45, 7) is 4.51. The molecule has 1 aliphatic rings. The quantitative estimate of drug-likeness (QED) is 0.841. The van der Waals surface area contributed by atoms with Crippen molar-refractivity contribution in [3.05, 3.63) is 21.4 Å². The Kier molecular flexibility index (Phi) is 4.81. The molecule has 1 saturated carbocycles. The molecule has 0 aliphatic heterocycles. The largest absolute Gasteiger partial charge is 0.480 e. The molecule has 1 N–H and O–H groups in total. The Labute approximate surface area is 123 Å². The molecule has 2 rings (SSSR count). The van der Waals surface area contributed by atoms with E-state index in [2.05, 4.69) is 6.92 Å². The van der Waals surface area contributed by atoms with Gasteiger partial charge in [0.15, 0.2) is 0 Å². The van der Waals surface area contributed by atoms with Crippen LogP contribution in [0, 0.1) is 12.8 Å². The Morgan fingerprint density at radius 3 is 2.70 bits per heavy atom. The topological polar surface area (TPSA) is 57.6 Å². The highest BCUT2D eigenvalue weighted by atomic mass is 32.1. The molecule has 1 amide bonds. The van der Waals surface area contributed by atoms with Gasteiger partial charge in [-0.25, -0.2) is 0 Å². The lowest BCUT2D eigenvalue weighted by atomic mass is 10.1. The second-order valence-corrected chi connectivity index (χ2v) is 6.72. The zero-order chi connectivity index (χ0) is 14.7. The first kappa shape index (κ1) is 15.0. The number of aryl methyl sites for hydroxylation is 2. The summed E-state index contributed by atoms with van der Waals surface area (Å²) in [5, 5.41) is 8.97. The molecule has 110 valence electrons. The number of hydrogen-bond donors (Lipinski definition) is 1. The first-order valence-electron chi connectivity index (χ1n) is 7.11. The fourth-order valence-corrected chi connectivity index (χ4v) is 3.33. The van der Waals surface area contributed by atoms with Crippen molar-refractivity contribution < 1.29 is 14.7 Å². The predicted molar refractivity (Wildman–Crippen MR) is 79.3 cm³/mol. The van der Waals surface area contributed by atoms with Gasteiger partial charge in [-0.2, -0.15) is 0 Å². The number of carbonyl (C=O) groups excluding carboxylic acids is 1. The van der Waals surface area contributed by atoms with Gasteiger partial charge in [0.05, 0.1) is 4.88 Å². The summed E-state index contributed by atoms with van der Waals surface area (Å²) in [5.41, 5.74) is 1.21. The van der Waals surface area contributed by atoms with Crippen molar-refractivity contribution in [1.82, 2.24) is 4.90 Å². The van der Waals surface area contributed by atoms with Crippen molar-refractivity contribution >= 4 is 23.2 Å². The summed E-state index contributed by atoms with van der Waals surface area (Å²) in [4.78, 5) is 26.7. The summed E-state index contributed by atoms with van der Waals surface area (Å²) in [6, 6.07) is 1.94. The first-order chi connectivity index (χ1) is 9.51. The minimum atomic E-state index is -0.943. The Balaban J connectivity index is 2.12. The molecular formula is C15H21NO3S. The Morgan fingerprint density at radius 1 is 1.45 bits per heavy atom. The summed E-state index contributed by atoms with van der Waals surface area (Å²) in [5.74, 6) is -0.578. The SMILES string of the molecule is CCCc1cc(C(=O)N(CC(=O)O)CC2CC2)sc1C. The van der Waals surface area contributed by atoms with Crippen LogP contribution < -0.4 is 0 Å². The summed E-state index contributed by atoms with van der Waals surface area (Å²) in [7, 11) is 0. The third-order valence-corrected chi connectivity index (χ3v) is 4.62. The van der Waals surface area contributed by atoms with Gasteiger partial charge in [-0.05, 0) is 43.7 Å². The molecule has 0 unspecified atom stereocenters. The van der Waals surface area contributed by atoms with Crippen LogP contribution in [0.4, 0.5) is 0 Å². The van der Waals surface area contributed by atoms with E-state index in [4.69, 9.17) is 5.11 Å². The highest BCUT2D eigenvalue weighted by molar-refractivity contribution is 7.14. The van der Waals surface area contributed by atoms with E-state index in [1.54, 1.807) is 0 Å². The number of carboxylic acid groups (broad SMARTS) is 1. The lowest BCUT2D eigenvalue weighted by Gasteiger charge is -2.19. The van der Waals surface area contributed by atoms with Crippen molar-refractivity contribution in [2.45, 2.75) is 39.5 Å². The fraction of sp³-hybridized carbons (Fsp3) is 0.600. The molecule has 0 radical (unpaired) electrons. The van der Waals surface area contributed by atoms with Crippen LogP contribution in [0.3, 0.4) is 0 Å². The number of aliphatic carboxylic acids is 1. The van der Waals surface area contributed by atoms with Crippen LogP contribution in [-0.2, 0) is 11.2 Å². The first-order valence-corrected chi connectivity index (χ1v) is 7.93. The Morgan fingerprint density at radius 2 is 2.15 bits per heavy atom. The second kappa shape index (κ2) is 6.39. The molecule has 1 fully saturated rings. The second-order valence-electron chi connectivity index (χ2n) is 5.46. The van der Waals surface area contributed by atoms with Gasteiger partial charge < -0.3 is 10.0 Å². The van der Waals surface area contributed by atoms with E-state index in [0.717, 1.165) is 30.6 Å². The standard InChI is InChI=1S/C15H21NO3S/c1-3-4-12-7-13(20-10(12)2)15(19)16(9-14(17)18)8-11-5-6-11/h7,11H,3-6,8-9H2,1-2H3,(H,17,18). The van der Waals surface area contributed by atoms with Crippen LogP contribution >= 0.6 is 11.3 Å². The van der Waals surface area contributed by atoms with E-state index < -0.39 is 5.97 Å². The van der Waals surface area contributed by atoms with Gasteiger partial charge in [0, 0.05) is 11.4 Å². The van der Waals surface area contributed by atoms with Crippen LogP contribution in [0.2, 0.25) is 0 Å². The molecule has 1 heterocycles. The smallest absolute Gasteiger partial charge is 0.323 e. The Hall–Kier alpha value is -1.36. The summed E-state index contributed by atoms with van der Waals surface area (Å²) in [6.07, 6.45) is 4.23. The van der Waals surface area contributed by atoms with Gasteiger partial charge in [-0.1, -0.05) is 13.3 Å².